The van der Waals surface area contributed by atoms with Crippen molar-refractivity contribution in [2.24, 2.45) is 11.8 Å². The molecule has 4 nitrogen and oxygen atoms in total. The SMILES string of the molecule is C[C@H]1C[C@H](C)CN(CCCNC(=S)Nc2ccc(CC#N)cc2)C1. The predicted octanol–water partition coefficient (Wildman–Crippen LogP) is 3.41. The summed E-state index contributed by atoms with van der Waals surface area (Å²) in [5, 5.41) is 15.8. The van der Waals surface area contributed by atoms with Crippen LogP contribution in [0.1, 0.15) is 32.3 Å². The molecule has 1 aromatic carbocycles. The lowest BCUT2D eigenvalue weighted by atomic mass is 9.92. The average Bonchev–Trinajstić information content (AvgIpc) is 2.53. The minimum atomic E-state index is 0.441. The molecule has 2 N–H and O–H groups in total. The standard InChI is InChI=1S/C19H28N4S/c1-15-12-16(2)14-23(13-15)11-3-10-21-19(24)22-18-6-4-17(5-7-18)8-9-20/h4-7,15-16H,3,8,10-14H2,1-2H3,(H2,21,22,24)/t15-,16-/m0/s1. The quantitative estimate of drug-likeness (QED) is 0.612. The summed E-state index contributed by atoms with van der Waals surface area (Å²) < 4.78 is 0. The van der Waals surface area contributed by atoms with Crippen LogP contribution in [-0.4, -0.2) is 36.2 Å². The number of nitriles is 1. The third-order valence-electron chi connectivity index (χ3n) is 4.38. The zero-order valence-electron chi connectivity index (χ0n) is 14.7. The largest absolute Gasteiger partial charge is 0.362 e. The van der Waals surface area contributed by atoms with Crippen molar-refractivity contribution in [3.8, 4) is 6.07 Å². The molecule has 1 saturated heterocycles. The van der Waals surface area contributed by atoms with Gasteiger partial charge in [0.15, 0.2) is 5.11 Å². The van der Waals surface area contributed by atoms with Crippen LogP contribution in [0.4, 0.5) is 5.69 Å². The fourth-order valence-corrected chi connectivity index (χ4v) is 3.67. The molecular weight excluding hydrogens is 316 g/mol. The van der Waals surface area contributed by atoms with Gasteiger partial charge >= 0.3 is 0 Å². The summed E-state index contributed by atoms with van der Waals surface area (Å²) in [5.41, 5.74) is 1.97. The van der Waals surface area contributed by atoms with Crippen LogP contribution >= 0.6 is 12.2 Å². The Labute approximate surface area is 151 Å². The molecule has 1 aromatic rings. The van der Waals surface area contributed by atoms with E-state index in [1.165, 1.54) is 19.5 Å². The van der Waals surface area contributed by atoms with Crippen LogP contribution < -0.4 is 10.6 Å². The second-order valence-electron chi connectivity index (χ2n) is 6.97. The normalized spacial score (nSPS) is 21.0. The van der Waals surface area contributed by atoms with Crippen LogP contribution in [-0.2, 0) is 6.42 Å². The molecule has 0 saturated carbocycles. The molecule has 0 bridgehead atoms. The number of hydrogen-bond acceptors (Lipinski definition) is 3. The van der Waals surface area contributed by atoms with Gasteiger partial charge in [0.2, 0.25) is 0 Å². The number of likely N-dealkylation sites (tertiary alicyclic amines) is 1. The maximum Gasteiger partial charge on any atom is 0.170 e. The Bertz CT molecular complexity index is 554. The summed E-state index contributed by atoms with van der Waals surface area (Å²) in [6.45, 7) is 9.17. The van der Waals surface area contributed by atoms with Gasteiger partial charge in [-0.15, -0.1) is 0 Å². The van der Waals surface area contributed by atoms with Gasteiger partial charge in [-0.1, -0.05) is 26.0 Å². The lowest BCUT2D eigenvalue weighted by Crippen LogP contribution is -2.40. The maximum absolute atomic E-state index is 8.68. The van der Waals surface area contributed by atoms with E-state index >= 15 is 0 Å². The summed E-state index contributed by atoms with van der Waals surface area (Å²) >= 11 is 5.34. The lowest BCUT2D eigenvalue weighted by Gasteiger charge is -2.34. The molecule has 0 spiro atoms. The van der Waals surface area contributed by atoms with Gasteiger partial charge < -0.3 is 15.5 Å². The molecular formula is C19H28N4S. The molecule has 1 aliphatic heterocycles. The van der Waals surface area contributed by atoms with E-state index in [-0.39, 0.29) is 0 Å². The third-order valence-corrected chi connectivity index (χ3v) is 4.62. The smallest absolute Gasteiger partial charge is 0.170 e. The Morgan fingerprint density at radius 2 is 1.92 bits per heavy atom. The van der Waals surface area contributed by atoms with E-state index in [2.05, 4.69) is 35.5 Å². The molecule has 0 aliphatic carbocycles. The first-order valence-electron chi connectivity index (χ1n) is 8.80. The third kappa shape index (κ3) is 6.46. The van der Waals surface area contributed by atoms with E-state index in [1.54, 1.807) is 0 Å². The van der Waals surface area contributed by atoms with Crippen molar-refractivity contribution < 1.29 is 0 Å². The lowest BCUT2D eigenvalue weighted by molar-refractivity contribution is 0.140. The molecule has 24 heavy (non-hydrogen) atoms. The fraction of sp³-hybridized carbons (Fsp3) is 0.579. The first-order valence-corrected chi connectivity index (χ1v) is 9.20. The highest BCUT2D eigenvalue weighted by atomic mass is 32.1. The molecule has 1 fully saturated rings. The number of nitrogens with one attached hydrogen (secondary N) is 2. The highest BCUT2D eigenvalue weighted by Gasteiger charge is 2.20. The van der Waals surface area contributed by atoms with Crippen LogP contribution in [0.5, 0.6) is 0 Å². The molecule has 0 radical (unpaired) electrons. The van der Waals surface area contributed by atoms with Gasteiger partial charge in [0.05, 0.1) is 12.5 Å². The van der Waals surface area contributed by atoms with Crippen molar-refractivity contribution in [1.29, 1.82) is 5.26 Å². The van der Waals surface area contributed by atoms with E-state index in [0.29, 0.717) is 11.5 Å². The number of anilines is 1. The van der Waals surface area contributed by atoms with Crippen LogP contribution in [0.15, 0.2) is 24.3 Å². The number of hydrogen-bond donors (Lipinski definition) is 2. The Morgan fingerprint density at radius 3 is 2.54 bits per heavy atom. The van der Waals surface area contributed by atoms with Gasteiger partial charge in [-0.3, -0.25) is 0 Å². The van der Waals surface area contributed by atoms with E-state index in [9.17, 15) is 0 Å². The van der Waals surface area contributed by atoms with Crippen LogP contribution in [0.2, 0.25) is 0 Å². The first-order chi connectivity index (χ1) is 11.6. The summed E-state index contributed by atoms with van der Waals surface area (Å²) in [6, 6.07) is 9.96. The Kier molecular flexibility index (Phi) is 7.48. The van der Waals surface area contributed by atoms with Crippen molar-refractivity contribution in [1.82, 2.24) is 10.2 Å². The zero-order valence-corrected chi connectivity index (χ0v) is 15.5. The number of rotatable bonds is 6. The van der Waals surface area contributed by atoms with Gasteiger partial charge in [0.25, 0.3) is 0 Å². The molecule has 0 unspecified atom stereocenters. The first kappa shape index (κ1) is 18.7. The number of benzene rings is 1. The van der Waals surface area contributed by atoms with Crippen LogP contribution in [0.3, 0.4) is 0 Å². The molecule has 5 heteroatoms. The highest BCUT2D eigenvalue weighted by molar-refractivity contribution is 7.80. The molecule has 1 aliphatic rings. The van der Waals surface area contributed by atoms with E-state index in [0.717, 1.165) is 42.6 Å². The molecule has 1 heterocycles. The number of piperidine rings is 1. The van der Waals surface area contributed by atoms with Gasteiger partial charge in [-0.25, -0.2) is 0 Å². The number of thiocarbonyl (C=S) groups is 1. The second kappa shape index (κ2) is 9.61. The fourth-order valence-electron chi connectivity index (χ4n) is 3.45. The molecule has 130 valence electrons. The molecule has 2 atom stereocenters. The van der Waals surface area contributed by atoms with Crippen molar-refractivity contribution in [3.05, 3.63) is 29.8 Å². The van der Waals surface area contributed by atoms with E-state index in [1.807, 2.05) is 24.3 Å². The molecule has 2 rings (SSSR count). The molecule has 0 amide bonds. The summed E-state index contributed by atoms with van der Waals surface area (Å²) in [7, 11) is 0. The summed E-state index contributed by atoms with van der Waals surface area (Å²) in [4.78, 5) is 2.57. The summed E-state index contributed by atoms with van der Waals surface area (Å²) in [5.74, 6) is 1.63. The second-order valence-corrected chi connectivity index (χ2v) is 7.38. The zero-order chi connectivity index (χ0) is 17.4. The highest BCUT2D eigenvalue weighted by Crippen LogP contribution is 2.20. The van der Waals surface area contributed by atoms with E-state index in [4.69, 9.17) is 17.5 Å². The van der Waals surface area contributed by atoms with Gasteiger partial charge in [0.1, 0.15) is 0 Å². The predicted molar refractivity (Wildman–Crippen MR) is 104 cm³/mol. The Morgan fingerprint density at radius 1 is 1.25 bits per heavy atom. The van der Waals surface area contributed by atoms with Crippen molar-refractivity contribution in [2.75, 3.05) is 31.5 Å². The van der Waals surface area contributed by atoms with Gasteiger partial charge in [-0.05, 0) is 61.1 Å². The Hall–Kier alpha value is -1.64. The minimum Gasteiger partial charge on any atom is -0.362 e. The minimum absolute atomic E-state index is 0.441. The Balaban J connectivity index is 1.63. The number of nitrogens with zero attached hydrogens (tertiary/aromatic N) is 2. The van der Waals surface area contributed by atoms with Gasteiger partial charge in [0, 0.05) is 25.3 Å². The molecule has 0 aromatic heterocycles. The van der Waals surface area contributed by atoms with Crippen molar-refractivity contribution in [3.63, 3.8) is 0 Å². The average molecular weight is 345 g/mol. The summed E-state index contributed by atoms with van der Waals surface area (Å²) in [6.07, 6.45) is 2.90. The van der Waals surface area contributed by atoms with Crippen molar-refractivity contribution >= 4 is 23.0 Å². The van der Waals surface area contributed by atoms with Crippen molar-refractivity contribution in [2.45, 2.75) is 33.1 Å². The van der Waals surface area contributed by atoms with Crippen LogP contribution in [0, 0.1) is 23.2 Å². The van der Waals surface area contributed by atoms with Gasteiger partial charge in [-0.2, -0.15) is 5.26 Å². The topological polar surface area (TPSA) is 51.1 Å². The van der Waals surface area contributed by atoms with E-state index < -0.39 is 0 Å². The maximum atomic E-state index is 8.68. The van der Waals surface area contributed by atoms with Crippen LogP contribution in [0.25, 0.3) is 0 Å². The monoisotopic (exact) mass is 344 g/mol.